The summed E-state index contributed by atoms with van der Waals surface area (Å²) in [6.45, 7) is 0. The van der Waals surface area contributed by atoms with Crippen molar-refractivity contribution in [3.8, 4) is 5.82 Å². The molecule has 0 fully saturated rings. The third-order valence-electron chi connectivity index (χ3n) is 2.77. The second kappa shape index (κ2) is 3.45. The van der Waals surface area contributed by atoms with Crippen LogP contribution in [0, 0.1) is 0 Å². The van der Waals surface area contributed by atoms with Crippen LogP contribution in [0.1, 0.15) is 0 Å². The summed E-state index contributed by atoms with van der Waals surface area (Å²) >= 11 is 0. The molecule has 0 aliphatic carbocycles. The summed E-state index contributed by atoms with van der Waals surface area (Å²) in [5, 5.41) is 0. The van der Waals surface area contributed by atoms with E-state index in [4.69, 9.17) is 0 Å². The zero-order chi connectivity index (χ0) is 12.8. The van der Waals surface area contributed by atoms with E-state index in [9.17, 15) is 4.79 Å². The molecule has 9 nitrogen and oxygen atoms in total. The van der Waals surface area contributed by atoms with E-state index in [0.717, 1.165) is 0 Å². The molecule has 0 aliphatic heterocycles. The largest absolute Gasteiger partial charge is 0.340 e. The van der Waals surface area contributed by atoms with Crippen LogP contribution in [0.5, 0.6) is 0 Å². The lowest BCUT2D eigenvalue weighted by Gasteiger charge is -2.02. The first kappa shape index (κ1) is 9.88. The molecule has 19 heavy (non-hydrogen) atoms. The molecule has 0 amide bonds. The molecule has 0 bridgehead atoms. The fourth-order valence-corrected chi connectivity index (χ4v) is 1.94. The highest BCUT2D eigenvalue weighted by Gasteiger charge is 2.13. The van der Waals surface area contributed by atoms with Gasteiger partial charge in [0.05, 0.1) is 12.7 Å². The average molecular weight is 254 g/mol. The Balaban J connectivity index is 2.13. The highest BCUT2D eigenvalue weighted by atomic mass is 16.1. The number of aromatic amines is 2. The minimum Gasteiger partial charge on any atom is -0.340 e. The Morgan fingerprint density at radius 1 is 1.00 bits per heavy atom. The van der Waals surface area contributed by atoms with Gasteiger partial charge in [0, 0.05) is 0 Å². The molecule has 9 heteroatoms. The van der Waals surface area contributed by atoms with Gasteiger partial charge in [-0.2, -0.15) is 0 Å². The van der Waals surface area contributed by atoms with E-state index in [2.05, 4.69) is 34.9 Å². The molecule has 0 aromatic carbocycles. The van der Waals surface area contributed by atoms with E-state index >= 15 is 0 Å². The standard InChI is InChI=1S/C10H6N8O/c19-10-6-9(15-3-16-10)18(4-17-6)8-5-7(12-1-11-5)13-2-14-8/h1-4H,(H,15,16,19)(H,11,12,13,14). The van der Waals surface area contributed by atoms with E-state index in [1.165, 1.54) is 25.3 Å². The maximum absolute atomic E-state index is 11.6. The number of nitrogens with one attached hydrogen (secondary N) is 2. The van der Waals surface area contributed by atoms with Crippen LogP contribution in [0.3, 0.4) is 0 Å². The Kier molecular flexibility index (Phi) is 1.79. The maximum Gasteiger partial charge on any atom is 0.278 e. The van der Waals surface area contributed by atoms with Gasteiger partial charge in [-0.3, -0.25) is 9.36 Å². The average Bonchev–Trinajstić information content (AvgIpc) is 3.05. The van der Waals surface area contributed by atoms with Crippen LogP contribution in [0.4, 0.5) is 0 Å². The van der Waals surface area contributed by atoms with E-state index in [1.807, 2.05) is 0 Å². The predicted octanol–water partition coefficient (Wildman–Crippen LogP) is -0.225. The lowest BCUT2D eigenvalue weighted by Crippen LogP contribution is -2.07. The molecule has 0 saturated heterocycles. The van der Waals surface area contributed by atoms with Gasteiger partial charge >= 0.3 is 0 Å². The number of aromatic nitrogens is 8. The van der Waals surface area contributed by atoms with Gasteiger partial charge in [0.2, 0.25) is 0 Å². The Labute approximate surface area is 104 Å². The summed E-state index contributed by atoms with van der Waals surface area (Å²) in [4.78, 5) is 37.5. The first-order valence-corrected chi connectivity index (χ1v) is 5.40. The quantitative estimate of drug-likeness (QED) is 0.484. The number of H-pyrrole nitrogens is 2. The zero-order valence-electron chi connectivity index (χ0n) is 9.40. The van der Waals surface area contributed by atoms with E-state index in [0.29, 0.717) is 22.6 Å². The van der Waals surface area contributed by atoms with Gasteiger partial charge in [0.1, 0.15) is 18.2 Å². The van der Waals surface area contributed by atoms with Gasteiger partial charge in [-0.05, 0) is 0 Å². The third kappa shape index (κ3) is 1.29. The van der Waals surface area contributed by atoms with Gasteiger partial charge in [0.25, 0.3) is 5.56 Å². The highest BCUT2D eigenvalue weighted by molar-refractivity contribution is 5.81. The van der Waals surface area contributed by atoms with Crippen molar-refractivity contribution in [1.82, 2.24) is 39.5 Å². The van der Waals surface area contributed by atoms with Crippen LogP contribution in [0.2, 0.25) is 0 Å². The van der Waals surface area contributed by atoms with Crippen molar-refractivity contribution in [3.05, 3.63) is 35.7 Å². The Bertz CT molecular complexity index is 949. The monoisotopic (exact) mass is 254 g/mol. The number of nitrogens with zero attached hydrogens (tertiary/aromatic N) is 6. The van der Waals surface area contributed by atoms with Gasteiger partial charge in [-0.25, -0.2) is 24.9 Å². The normalized spacial score (nSPS) is 11.4. The molecule has 0 radical (unpaired) electrons. The van der Waals surface area contributed by atoms with Crippen LogP contribution in [0.15, 0.2) is 30.1 Å². The Hall–Kier alpha value is -3.10. The van der Waals surface area contributed by atoms with E-state index in [1.54, 1.807) is 4.57 Å². The fraction of sp³-hybridized carbons (Fsp3) is 0. The van der Waals surface area contributed by atoms with Crippen molar-refractivity contribution in [2.24, 2.45) is 0 Å². The number of hydrogen-bond donors (Lipinski definition) is 2. The molecule has 0 atom stereocenters. The summed E-state index contributed by atoms with van der Waals surface area (Å²) in [5.74, 6) is 0.545. The highest BCUT2D eigenvalue weighted by Crippen LogP contribution is 2.17. The van der Waals surface area contributed by atoms with Gasteiger partial charge in [-0.15, -0.1) is 0 Å². The number of fused-ring (bicyclic) bond motifs is 2. The lowest BCUT2D eigenvalue weighted by atomic mass is 10.4. The molecular weight excluding hydrogens is 248 g/mol. The summed E-state index contributed by atoms with van der Waals surface area (Å²) in [6, 6.07) is 0. The van der Waals surface area contributed by atoms with Crippen molar-refractivity contribution >= 4 is 22.3 Å². The Morgan fingerprint density at radius 3 is 2.84 bits per heavy atom. The van der Waals surface area contributed by atoms with Crippen molar-refractivity contribution in [3.63, 3.8) is 0 Å². The molecule has 0 saturated carbocycles. The van der Waals surface area contributed by atoms with Crippen LogP contribution >= 0.6 is 0 Å². The lowest BCUT2D eigenvalue weighted by molar-refractivity contribution is 0.993. The van der Waals surface area contributed by atoms with Crippen LogP contribution in [0.25, 0.3) is 28.1 Å². The molecule has 92 valence electrons. The summed E-state index contributed by atoms with van der Waals surface area (Å²) < 4.78 is 1.62. The first-order chi connectivity index (χ1) is 9.34. The topological polar surface area (TPSA) is 118 Å². The van der Waals surface area contributed by atoms with Gasteiger partial charge in [0.15, 0.2) is 22.6 Å². The second-order valence-corrected chi connectivity index (χ2v) is 3.82. The maximum atomic E-state index is 11.6. The molecule has 0 spiro atoms. The van der Waals surface area contributed by atoms with Crippen LogP contribution in [-0.4, -0.2) is 39.5 Å². The van der Waals surface area contributed by atoms with Crippen molar-refractivity contribution in [2.75, 3.05) is 0 Å². The summed E-state index contributed by atoms with van der Waals surface area (Å²) in [6.07, 6.45) is 5.75. The summed E-state index contributed by atoms with van der Waals surface area (Å²) in [5.41, 5.74) is 1.59. The first-order valence-electron chi connectivity index (χ1n) is 5.40. The molecule has 4 heterocycles. The molecule has 0 unspecified atom stereocenters. The minimum absolute atomic E-state index is 0.258. The SMILES string of the molecule is O=c1[nH]cnc2c1ncn2-c1ncnc2nc[nH]c12. The molecule has 4 aromatic heterocycles. The van der Waals surface area contributed by atoms with Crippen LogP contribution < -0.4 is 5.56 Å². The fourth-order valence-electron chi connectivity index (χ4n) is 1.94. The number of hydrogen-bond acceptors (Lipinski definition) is 6. The van der Waals surface area contributed by atoms with E-state index in [-0.39, 0.29) is 11.1 Å². The smallest absolute Gasteiger partial charge is 0.278 e. The van der Waals surface area contributed by atoms with Crippen molar-refractivity contribution < 1.29 is 0 Å². The number of imidazole rings is 2. The molecule has 0 aliphatic rings. The van der Waals surface area contributed by atoms with Crippen LogP contribution in [-0.2, 0) is 0 Å². The molecular formula is C10H6N8O. The zero-order valence-corrected chi connectivity index (χ0v) is 9.40. The van der Waals surface area contributed by atoms with Crippen molar-refractivity contribution in [2.45, 2.75) is 0 Å². The van der Waals surface area contributed by atoms with E-state index < -0.39 is 0 Å². The van der Waals surface area contributed by atoms with Gasteiger partial charge in [-0.1, -0.05) is 0 Å². The third-order valence-corrected chi connectivity index (χ3v) is 2.77. The minimum atomic E-state index is -0.293. The number of rotatable bonds is 1. The molecule has 2 N–H and O–H groups in total. The predicted molar refractivity (Wildman–Crippen MR) is 64.7 cm³/mol. The van der Waals surface area contributed by atoms with Crippen molar-refractivity contribution in [1.29, 1.82) is 0 Å². The second-order valence-electron chi connectivity index (χ2n) is 3.82. The Morgan fingerprint density at radius 2 is 1.89 bits per heavy atom. The summed E-state index contributed by atoms with van der Waals surface area (Å²) in [7, 11) is 0. The molecule has 4 rings (SSSR count). The van der Waals surface area contributed by atoms with Gasteiger partial charge < -0.3 is 9.97 Å². The molecule has 4 aromatic rings.